The molecule has 0 amide bonds. The van der Waals surface area contributed by atoms with Crippen molar-refractivity contribution >= 4 is 22.1 Å². The topological polar surface area (TPSA) is 114 Å². The second-order valence-corrected chi connectivity index (χ2v) is 12.0. The van der Waals surface area contributed by atoms with Crippen LogP contribution in [0.4, 0.5) is 13.2 Å². The van der Waals surface area contributed by atoms with Gasteiger partial charge in [0.25, 0.3) is 0 Å². The highest BCUT2D eigenvalue weighted by molar-refractivity contribution is 7.88. The molecule has 0 aliphatic carbocycles. The van der Waals surface area contributed by atoms with Crippen LogP contribution in [0.25, 0.3) is 0 Å². The van der Waals surface area contributed by atoms with E-state index in [2.05, 4.69) is 4.18 Å². The van der Waals surface area contributed by atoms with Crippen molar-refractivity contribution < 1.29 is 54.3 Å². The van der Waals surface area contributed by atoms with E-state index in [1.165, 1.54) is 30.3 Å². The number of hydrogen-bond acceptors (Lipinski definition) is 9. The summed E-state index contributed by atoms with van der Waals surface area (Å²) in [5, 5.41) is 0. The van der Waals surface area contributed by atoms with E-state index >= 15 is 0 Å². The molecule has 2 heterocycles. The molecule has 2 aliphatic rings. The molecule has 1 atom stereocenters. The van der Waals surface area contributed by atoms with Gasteiger partial charge in [0.2, 0.25) is 0 Å². The van der Waals surface area contributed by atoms with Gasteiger partial charge in [-0.05, 0) is 48.4 Å². The van der Waals surface area contributed by atoms with E-state index in [0.29, 0.717) is 23.3 Å². The monoisotopic (exact) mass is 654 g/mol. The van der Waals surface area contributed by atoms with E-state index in [1.54, 1.807) is 12.1 Å². The summed E-state index contributed by atoms with van der Waals surface area (Å²) < 4.78 is 90.4. The van der Waals surface area contributed by atoms with Crippen LogP contribution in [0.15, 0.2) is 84.9 Å². The Hall–Kier alpha value is -5.04. The highest BCUT2D eigenvalue weighted by Gasteiger charge is 2.54. The molecule has 1 unspecified atom stereocenters. The zero-order chi connectivity index (χ0) is 32.7. The first kappa shape index (κ1) is 31.0. The summed E-state index contributed by atoms with van der Waals surface area (Å²) in [5.41, 5.74) is -5.41. The molecule has 9 nitrogen and oxygen atoms in total. The van der Waals surface area contributed by atoms with Crippen molar-refractivity contribution in [2.24, 2.45) is 0 Å². The molecule has 46 heavy (non-hydrogen) atoms. The van der Waals surface area contributed by atoms with Gasteiger partial charge in [-0.25, -0.2) is 9.59 Å². The normalized spacial score (nSPS) is 16.5. The third-order valence-electron chi connectivity index (χ3n) is 7.45. The lowest BCUT2D eigenvalue weighted by Crippen LogP contribution is -2.33. The quantitative estimate of drug-likeness (QED) is 0.0813. The van der Waals surface area contributed by atoms with Crippen LogP contribution < -0.4 is 13.7 Å². The Kier molecular flexibility index (Phi) is 7.88. The number of alkyl halides is 3. The van der Waals surface area contributed by atoms with Gasteiger partial charge in [0.15, 0.2) is 5.60 Å². The van der Waals surface area contributed by atoms with Crippen molar-refractivity contribution in [3.8, 4) is 23.0 Å². The van der Waals surface area contributed by atoms with Gasteiger partial charge in [0.1, 0.15) is 29.6 Å². The van der Waals surface area contributed by atoms with Crippen LogP contribution >= 0.6 is 0 Å². The van der Waals surface area contributed by atoms with Crippen molar-refractivity contribution in [1.82, 2.24) is 0 Å². The fourth-order valence-corrected chi connectivity index (χ4v) is 5.72. The Labute approximate surface area is 261 Å². The van der Waals surface area contributed by atoms with E-state index in [4.69, 9.17) is 18.9 Å². The molecule has 1 spiro atoms. The van der Waals surface area contributed by atoms with Crippen LogP contribution in [0.2, 0.25) is 0 Å². The Morgan fingerprint density at radius 3 is 2.20 bits per heavy atom. The average Bonchev–Trinajstić information content (AvgIpc) is 3.31. The van der Waals surface area contributed by atoms with E-state index in [0.717, 1.165) is 24.1 Å². The number of ether oxygens (including phenoxy) is 4. The van der Waals surface area contributed by atoms with E-state index in [1.807, 2.05) is 37.3 Å². The number of hydrogen-bond donors (Lipinski definition) is 0. The number of carbonyl (C=O) groups is 2. The van der Waals surface area contributed by atoms with Crippen LogP contribution in [0, 0.1) is 0 Å². The van der Waals surface area contributed by atoms with Gasteiger partial charge in [0.05, 0.1) is 17.7 Å². The zero-order valence-corrected chi connectivity index (χ0v) is 24.9. The van der Waals surface area contributed by atoms with E-state index < -0.39 is 38.9 Å². The molecule has 0 N–H and O–H groups in total. The third kappa shape index (κ3) is 5.51. The Morgan fingerprint density at radius 2 is 1.52 bits per heavy atom. The molecule has 13 heteroatoms. The van der Waals surface area contributed by atoms with Gasteiger partial charge in [-0.2, -0.15) is 21.6 Å². The maximum atomic E-state index is 13.4. The van der Waals surface area contributed by atoms with Gasteiger partial charge in [-0.15, -0.1) is 0 Å². The standard InChI is InChI=1S/C33H25F3O9S/c1-2-3-15-41-30(37)21-9-12-25-24(16-21)31(38)44-32(25)26-13-10-22(42-19-20-7-5-4-6-8-20)17-28(26)43-29-18-23(11-14-27(29)32)45-46(39,40)33(34,35)36/h4-14,16-18H,2-3,15,19H2,1H3. The lowest BCUT2D eigenvalue weighted by molar-refractivity contribution is -0.0500. The Bertz CT molecular complexity index is 1940. The minimum absolute atomic E-state index is 0.0631. The smallest absolute Gasteiger partial charge is 0.489 e. The molecule has 4 aromatic carbocycles. The minimum atomic E-state index is -5.99. The van der Waals surface area contributed by atoms with Gasteiger partial charge in [0, 0.05) is 28.8 Å². The summed E-state index contributed by atoms with van der Waals surface area (Å²) in [6.45, 7) is 2.37. The Balaban J connectivity index is 1.44. The Morgan fingerprint density at radius 1 is 0.870 bits per heavy atom. The first-order valence-electron chi connectivity index (χ1n) is 14.1. The highest BCUT2D eigenvalue weighted by atomic mass is 32.2. The largest absolute Gasteiger partial charge is 0.534 e. The van der Waals surface area contributed by atoms with Crippen molar-refractivity contribution in [2.75, 3.05) is 6.61 Å². The second kappa shape index (κ2) is 11.7. The molecule has 0 radical (unpaired) electrons. The lowest BCUT2D eigenvalue weighted by atomic mass is 9.77. The molecule has 0 saturated carbocycles. The summed E-state index contributed by atoms with van der Waals surface area (Å²) >= 11 is 0. The minimum Gasteiger partial charge on any atom is -0.489 e. The van der Waals surface area contributed by atoms with Crippen LogP contribution in [0.1, 0.15) is 62.7 Å². The van der Waals surface area contributed by atoms with Gasteiger partial charge in [-0.1, -0.05) is 49.7 Å². The van der Waals surface area contributed by atoms with Crippen LogP contribution in [0.3, 0.4) is 0 Å². The molecule has 0 fully saturated rings. The average molecular weight is 655 g/mol. The summed E-state index contributed by atoms with van der Waals surface area (Å²) in [4.78, 5) is 26.1. The number of halogens is 3. The van der Waals surface area contributed by atoms with Crippen LogP contribution in [-0.4, -0.2) is 32.5 Å². The number of fused-ring (bicyclic) bond motifs is 6. The van der Waals surface area contributed by atoms with Crippen molar-refractivity contribution in [3.05, 3.63) is 118 Å². The highest BCUT2D eigenvalue weighted by Crippen LogP contribution is 2.57. The molecular weight excluding hydrogens is 629 g/mol. The molecule has 6 rings (SSSR count). The molecule has 0 saturated heterocycles. The maximum Gasteiger partial charge on any atom is 0.534 e. The summed E-state index contributed by atoms with van der Waals surface area (Å²) in [7, 11) is -5.99. The number of esters is 2. The molecule has 4 aromatic rings. The number of unbranched alkanes of at least 4 members (excludes halogenated alkanes) is 1. The summed E-state index contributed by atoms with van der Waals surface area (Å²) in [6.07, 6.45) is 1.49. The van der Waals surface area contributed by atoms with E-state index in [-0.39, 0.29) is 41.4 Å². The summed E-state index contributed by atoms with van der Waals surface area (Å²) in [5.74, 6) is -1.72. The fraction of sp³-hybridized carbons (Fsp3) is 0.212. The maximum absolute atomic E-state index is 13.4. The van der Waals surface area contributed by atoms with Crippen molar-refractivity contribution in [1.29, 1.82) is 0 Å². The van der Waals surface area contributed by atoms with E-state index in [9.17, 15) is 31.2 Å². The molecular formula is C33H25F3O9S. The van der Waals surface area contributed by atoms with Crippen LogP contribution in [0.5, 0.6) is 23.0 Å². The van der Waals surface area contributed by atoms with Crippen LogP contribution in [-0.2, 0) is 31.8 Å². The predicted octanol–water partition coefficient (Wildman–Crippen LogP) is 7.02. The third-order valence-corrected chi connectivity index (χ3v) is 8.43. The van der Waals surface area contributed by atoms with Gasteiger partial charge >= 0.3 is 27.6 Å². The fourth-order valence-electron chi connectivity index (χ4n) is 5.26. The first-order chi connectivity index (χ1) is 21.9. The SMILES string of the molecule is CCCCOC(=O)c1ccc2c(c1)C(=O)OC21c2ccc(OCc3ccccc3)cc2Oc2cc(OS(=O)(=O)C(F)(F)F)ccc21. The second-order valence-electron chi connectivity index (χ2n) is 10.5. The van der Waals surface area contributed by atoms with Crippen molar-refractivity contribution in [3.63, 3.8) is 0 Å². The molecule has 0 bridgehead atoms. The number of carbonyl (C=O) groups excluding carboxylic acids is 2. The summed E-state index contributed by atoms with van der Waals surface area (Å²) in [6, 6.07) is 21.7. The predicted molar refractivity (Wildman–Crippen MR) is 156 cm³/mol. The molecule has 2 aliphatic heterocycles. The lowest BCUT2D eigenvalue weighted by Gasteiger charge is -2.36. The van der Waals surface area contributed by atoms with Gasteiger partial charge in [-0.3, -0.25) is 0 Å². The number of rotatable bonds is 9. The van der Waals surface area contributed by atoms with Gasteiger partial charge < -0.3 is 23.1 Å². The zero-order valence-electron chi connectivity index (χ0n) is 24.1. The number of benzene rings is 4. The molecule has 0 aromatic heterocycles. The molecule has 238 valence electrons. The first-order valence-corrected chi connectivity index (χ1v) is 15.5. The van der Waals surface area contributed by atoms with Crippen molar-refractivity contribution in [2.45, 2.75) is 37.5 Å².